The Kier molecular flexibility index (Phi) is 4.44. The van der Waals surface area contributed by atoms with Gasteiger partial charge in [-0.25, -0.2) is 0 Å². The van der Waals surface area contributed by atoms with E-state index < -0.39 is 0 Å². The predicted molar refractivity (Wildman–Crippen MR) is 123 cm³/mol. The average molecular weight is 417 g/mol. The van der Waals surface area contributed by atoms with E-state index in [2.05, 4.69) is 52.9 Å². The van der Waals surface area contributed by atoms with Crippen molar-refractivity contribution >= 4 is 33.4 Å². The Morgan fingerprint density at radius 2 is 1.70 bits per heavy atom. The number of hydrogen-bond donors (Lipinski definition) is 1. The van der Waals surface area contributed by atoms with Gasteiger partial charge in [-0.15, -0.1) is 0 Å². The van der Waals surface area contributed by atoms with Crippen LogP contribution in [0, 0.1) is 6.92 Å². The van der Waals surface area contributed by atoms with Crippen molar-refractivity contribution < 1.29 is 9.47 Å². The Labute approximate surface area is 179 Å². The lowest BCUT2D eigenvalue weighted by Gasteiger charge is -2.14. The van der Waals surface area contributed by atoms with Crippen molar-refractivity contribution in [3.63, 3.8) is 0 Å². The average Bonchev–Trinajstić information content (AvgIpc) is 3.33. The highest BCUT2D eigenvalue weighted by Gasteiger charge is 2.19. The van der Waals surface area contributed by atoms with Crippen LogP contribution in [-0.2, 0) is 0 Å². The summed E-state index contributed by atoms with van der Waals surface area (Å²) in [7, 11) is 3.37. The number of aromatic nitrogens is 2. The van der Waals surface area contributed by atoms with Gasteiger partial charge in [0.2, 0.25) is 0 Å². The Morgan fingerprint density at radius 1 is 0.900 bits per heavy atom. The number of methoxy groups -OCH3 is 2. The van der Waals surface area contributed by atoms with Gasteiger partial charge in [-0.05, 0) is 48.9 Å². The maximum atomic E-state index is 6.22. The molecule has 0 aliphatic carbocycles. The van der Waals surface area contributed by atoms with E-state index in [0.29, 0.717) is 5.02 Å². The lowest BCUT2D eigenvalue weighted by molar-refractivity contribution is 0.412. The fourth-order valence-corrected chi connectivity index (χ4v) is 4.30. The Morgan fingerprint density at radius 3 is 2.50 bits per heavy atom. The van der Waals surface area contributed by atoms with Gasteiger partial charge in [-0.2, -0.15) is 0 Å². The highest BCUT2D eigenvalue weighted by molar-refractivity contribution is 6.30. The van der Waals surface area contributed by atoms with Crippen molar-refractivity contribution in [3.05, 3.63) is 77.4 Å². The second-order valence-corrected chi connectivity index (χ2v) is 7.75. The lowest BCUT2D eigenvalue weighted by Crippen LogP contribution is -1.98. The minimum absolute atomic E-state index is 0.646. The normalized spacial score (nSPS) is 11.3. The minimum Gasteiger partial charge on any atom is -0.496 e. The first-order valence-electron chi connectivity index (χ1n) is 9.71. The molecule has 0 bridgehead atoms. The number of nitrogens with zero attached hydrogens (tertiary/aromatic N) is 1. The van der Waals surface area contributed by atoms with Gasteiger partial charge in [0.1, 0.15) is 11.5 Å². The molecule has 0 aliphatic heterocycles. The van der Waals surface area contributed by atoms with E-state index in [1.807, 2.05) is 30.5 Å². The van der Waals surface area contributed by atoms with Gasteiger partial charge in [0.25, 0.3) is 0 Å². The predicted octanol–water partition coefficient (Wildman–Crippen LogP) is 6.76. The van der Waals surface area contributed by atoms with E-state index in [-0.39, 0.29) is 0 Å². The smallest absolute Gasteiger partial charge is 0.129 e. The number of halogens is 1. The second-order valence-electron chi connectivity index (χ2n) is 7.31. The van der Waals surface area contributed by atoms with E-state index in [4.69, 9.17) is 21.1 Å². The lowest BCUT2D eigenvalue weighted by atomic mass is 10.1. The quantitative estimate of drug-likeness (QED) is 0.351. The molecule has 0 fully saturated rings. The molecule has 2 heterocycles. The summed E-state index contributed by atoms with van der Waals surface area (Å²) in [5.41, 5.74) is 6.34. The van der Waals surface area contributed by atoms with Crippen LogP contribution >= 0.6 is 11.6 Å². The van der Waals surface area contributed by atoms with Crippen LogP contribution in [0.25, 0.3) is 38.8 Å². The summed E-state index contributed by atoms with van der Waals surface area (Å²) in [6, 6.07) is 20.5. The van der Waals surface area contributed by atoms with Crippen LogP contribution in [0.2, 0.25) is 5.02 Å². The first-order chi connectivity index (χ1) is 14.6. The van der Waals surface area contributed by atoms with Gasteiger partial charge >= 0.3 is 0 Å². The molecule has 0 atom stereocenters. The van der Waals surface area contributed by atoms with Gasteiger partial charge in [-0.1, -0.05) is 29.8 Å². The number of para-hydroxylation sites is 1. The first kappa shape index (κ1) is 18.6. The third kappa shape index (κ3) is 2.84. The second kappa shape index (κ2) is 7.15. The molecule has 0 aliphatic rings. The number of nitrogens with one attached hydrogen (secondary N) is 1. The maximum Gasteiger partial charge on any atom is 0.129 e. The molecule has 0 saturated carbocycles. The largest absolute Gasteiger partial charge is 0.496 e. The third-order valence-corrected chi connectivity index (χ3v) is 5.80. The highest BCUT2D eigenvalue weighted by atomic mass is 35.5. The number of aryl methyl sites for hydroxylation is 1. The Hall–Kier alpha value is -3.37. The van der Waals surface area contributed by atoms with Gasteiger partial charge in [-0.3, -0.25) is 0 Å². The SMILES string of the molecule is COc1cc2[nH]cc(-n3c(-c4ccc(Cl)cc4OC)cc4ccccc43)c2cc1C. The summed E-state index contributed by atoms with van der Waals surface area (Å²) in [5, 5.41) is 2.93. The van der Waals surface area contributed by atoms with Crippen molar-refractivity contribution in [2.45, 2.75) is 6.92 Å². The zero-order chi connectivity index (χ0) is 20.8. The molecule has 0 spiro atoms. The zero-order valence-corrected chi connectivity index (χ0v) is 17.7. The monoisotopic (exact) mass is 416 g/mol. The van der Waals surface area contributed by atoms with Crippen LogP contribution in [0.5, 0.6) is 11.5 Å². The van der Waals surface area contributed by atoms with Crippen LogP contribution in [0.15, 0.2) is 66.9 Å². The van der Waals surface area contributed by atoms with Crippen molar-refractivity contribution in [1.82, 2.24) is 9.55 Å². The van der Waals surface area contributed by atoms with Gasteiger partial charge in [0.15, 0.2) is 0 Å². The summed E-state index contributed by atoms with van der Waals surface area (Å²) in [4.78, 5) is 3.41. The van der Waals surface area contributed by atoms with E-state index >= 15 is 0 Å². The van der Waals surface area contributed by atoms with Crippen LogP contribution in [0.3, 0.4) is 0 Å². The van der Waals surface area contributed by atoms with E-state index in [1.165, 1.54) is 0 Å². The molecule has 0 unspecified atom stereocenters. The molecule has 2 aromatic heterocycles. The molecule has 5 rings (SSSR count). The number of aromatic amines is 1. The van der Waals surface area contributed by atoms with Crippen LogP contribution < -0.4 is 9.47 Å². The van der Waals surface area contributed by atoms with Crippen molar-refractivity contribution in [2.75, 3.05) is 14.2 Å². The minimum atomic E-state index is 0.646. The third-order valence-electron chi connectivity index (χ3n) is 5.57. The van der Waals surface area contributed by atoms with E-state index in [1.54, 1.807) is 14.2 Å². The Bertz CT molecular complexity index is 1400. The number of fused-ring (bicyclic) bond motifs is 2. The molecule has 0 amide bonds. The molecule has 150 valence electrons. The summed E-state index contributed by atoms with van der Waals surface area (Å²) in [6.45, 7) is 2.06. The van der Waals surface area contributed by atoms with Crippen molar-refractivity contribution in [3.8, 4) is 28.4 Å². The molecule has 3 aromatic carbocycles. The van der Waals surface area contributed by atoms with Gasteiger partial charge in [0.05, 0.1) is 36.6 Å². The molecule has 5 heteroatoms. The summed E-state index contributed by atoms with van der Waals surface area (Å²) in [6.07, 6.45) is 2.04. The number of benzene rings is 3. The topological polar surface area (TPSA) is 39.2 Å². The zero-order valence-electron chi connectivity index (χ0n) is 17.0. The molecular weight excluding hydrogens is 396 g/mol. The molecule has 30 heavy (non-hydrogen) atoms. The van der Waals surface area contributed by atoms with Gasteiger partial charge < -0.3 is 19.0 Å². The van der Waals surface area contributed by atoms with E-state index in [0.717, 1.165) is 55.8 Å². The van der Waals surface area contributed by atoms with Crippen LogP contribution in [-0.4, -0.2) is 23.8 Å². The number of ether oxygens (including phenoxy) is 2. The molecule has 4 nitrogen and oxygen atoms in total. The molecule has 0 radical (unpaired) electrons. The molecule has 1 N–H and O–H groups in total. The van der Waals surface area contributed by atoms with E-state index in [9.17, 15) is 0 Å². The highest BCUT2D eigenvalue weighted by Crippen LogP contribution is 2.40. The van der Waals surface area contributed by atoms with Crippen LogP contribution in [0.4, 0.5) is 0 Å². The summed E-state index contributed by atoms with van der Waals surface area (Å²) < 4.78 is 13.4. The fourth-order valence-electron chi connectivity index (χ4n) is 4.14. The standard InChI is InChI=1S/C25H21ClN2O2/c1-15-10-19-20(13-24(15)29-2)27-14-23(19)28-21-7-5-4-6-16(21)11-22(28)18-9-8-17(26)12-25(18)30-3/h4-14,27H,1-3H3. The first-order valence-corrected chi connectivity index (χ1v) is 10.1. The van der Waals surface area contributed by atoms with Crippen molar-refractivity contribution in [1.29, 1.82) is 0 Å². The number of hydrogen-bond acceptors (Lipinski definition) is 2. The van der Waals surface area contributed by atoms with Gasteiger partial charge in [0, 0.05) is 33.6 Å². The number of rotatable bonds is 4. The molecule has 0 saturated heterocycles. The number of H-pyrrole nitrogens is 1. The molecule has 5 aromatic rings. The fraction of sp³-hybridized carbons (Fsp3) is 0.120. The summed E-state index contributed by atoms with van der Waals surface area (Å²) in [5.74, 6) is 1.61. The maximum absolute atomic E-state index is 6.22. The van der Waals surface area contributed by atoms with Crippen LogP contribution in [0.1, 0.15) is 5.56 Å². The van der Waals surface area contributed by atoms with Crippen molar-refractivity contribution in [2.24, 2.45) is 0 Å². The Balaban J connectivity index is 1.85. The molecular formula is C25H21ClN2O2. The summed E-state index contributed by atoms with van der Waals surface area (Å²) >= 11 is 6.22.